The molecular formula is C24H36O5. The number of aliphatic hydroxyl groups is 1. The Balaban J connectivity index is 1.74. The SMILES string of the molecule is CC[C@@H](C)C(=O)O[C@H]1C[C@@H](C)C=C2C=C[C@H](C)[C@H](CCC3C[C@@H](O)CC(=O)O3)[C@H]21. The second kappa shape index (κ2) is 9.46. The first-order valence-electron chi connectivity index (χ1n) is 11.3. The van der Waals surface area contributed by atoms with Gasteiger partial charge in [0, 0.05) is 12.3 Å². The van der Waals surface area contributed by atoms with Gasteiger partial charge in [-0.25, -0.2) is 0 Å². The van der Waals surface area contributed by atoms with Gasteiger partial charge in [0.15, 0.2) is 0 Å². The molecule has 0 aromatic carbocycles. The molecule has 0 amide bonds. The van der Waals surface area contributed by atoms with Crippen molar-refractivity contribution in [3.05, 3.63) is 23.8 Å². The van der Waals surface area contributed by atoms with Crippen LogP contribution in [-0.2, 0) is 19.1 Å². The number of rotatable bonds is 6. The van der Waals surface area contributed by atoms with Crippen LogP contribution < -0.4 is 0 Å². The maximum atomic E-state index is 12.5. The van der Waals surface area contributed by atoms with Gasteiger partial charge in [-0.05, 0) is 49.0 Å². The summed E-state index contributed by atoms with van der Waals surface area (Å²) in [4.78, 5) is 24.2. The third-order valence-electron chi connectivity index (χ3n) is 6.93. The van der Waals surface area contributed by atoms with Gasteiger partial charge in [0.2, 0.25) is 0 Å². The molecule has 0 aromatic rings. The van der Waals surface area contributed by atoms with Gasteiger partial charge in [0.05, 0.1) is 18.4 Å². The molecule has 1 aliphatic heterocycles. The minimum absolute atomic E-state index is 0.0854. The van der Waals surface area contributed by atoms with Crippen molar-refractivity contribution in [2.24, 2.45) is 29.6 Å². The van der Waals surface area contributed by atoms with Crippen LogP contribution in [0.4, 0.5) is 0 Å². The molecule has 0 radical (unpaired) electrons. The van der Waals surface area contributed by atoms with E-state index in [1.165, 1.54) is 5.57 Å². The molecule has 3 rings (SSSR count). The maximum Gasteiger partial charge on any atom is 0.308 e. The summed E-state index contributed by atoms with van der Waals surface area (Å²) >= 11 is 0. The molecule has 1 heterocycles. The summed E-state index contributed by atoms with van der Waals surface area (Å²) in [6.45, 7) is 8.33. The van der Waals surface area contributed by atoms with Gasteiger partial charge in [-0.1, -0.05) is 45.9 Å². The Bertz CT molecular complexity index is 666. The van der Waals surface area contributed by atoms with Crippen LogP contribution >= 0.6 is 0 Å². The Hall–Kier alpha value is -1.62. The Labute approximate surface area is 174 Å². The molecule has 1 N–H and O–H groups in total. The lowest BCUT2D eigenvalue weighted by molar-refractivity contribution is -0.162. The molecule has 1 unspecified atom stereocenters. The predicted molar refractivity (Wildman–Crippen MR) is 111 cm³/mol. The van der Waals surface area contributed by atoms with E-state index in [1.807, 2.05) is 13.8 Å². The summed E-state index contributed by atoms with van der Waals surface area (Å²) in [5.41, 5.74) is 1.27. The fourth-order valence-electron chi connectivity index (χ4n) is 5.07. The maximum absolute atomic E-state index is 12.5. The number of hydrogen-bond donors (Lipinski definition) is 1. The van der Waals surface area contributed by atoms with Crippen molar-refractivity contribution in [3.8, 4) is 0 Å². The predicted octanol–water partition coefficient (Wildman–Crippen LogP) is 4.20. The molecule has 0 bridgehead atoms. The van der Waals surface area contributed by atoms with Crippen molar-refractivity contribution in [2.45, 2.75) is 84.5 Å². The lowest BCUT2D eigenvalue weighted by atomic mass is 9.65. The highest BCUT2D eigenvalue weighted by Gasteiger charge is 2.42. The van der Waals surface area contributed by atoms with Gasteiger partial charge >= 0.3 is 11.9 Å². The molecule has 2 aliphatic carbocycles. The van der Waals surface area contributed by atoms with E-state index in [0.29, 0.717) is 24.2 Å². The zero-order valence-electron chi connectivity index (χ0n) is 18.2. The molecule has 1 saturated heterocycles. The van der Waals surface area contributed by atoms with Crippen LogP contribution in [0.3, 0.4) is 0 Å². The number of ether oxygens (including phenoxy) is 2. The topological polar surface area (TPSA) is 72.8 Å². The molecular weight excluding hydrogens is 368 g/mol. The number of carbonyl (C=O) groups excluding carboxylic acids is 2. The van der Waals surface area contributed by atoms with Crippen molar-refractivity contribution >= 4 is 11.9 Å². The van der Waals surface area contributed by atoms with Gasteiger partial charge in [-0.2, -0.15) is 0 Å². The Morgan fingerprint density at radius 1 is 1.31 bits per heavy atom. The van der Waals surface area contributed by atoms with E-state index < -0.39 is 6.10 Å². The largest absolute Gasteiger partial charge is 0.462 e. The molecule has 0 saturated carbocycles. The Kier molecular flexibility index (Phi) is 7.20. The van der Waals surface area contributed by atoms with Gasteiger partial charge < -0.3 is 14.6 Å². The van der Waals surface area contributed by atoms with Crippen LogP contribution in [0.25, 0.3) is 0 Å². The first-order valence-corrected chi connectivity index (χ1v) is 11.3. The van der Waals surface area contributed by atoms with Crippen molar-refractivity contribution in [1.82, 2.24) is 0 Å². The van der Waals surface area contributed by atoms with E-state index in [2.05, 4.69) is 32.1 Å². The monoisotopic (exact) mass is 404 g/mol. The highest BCUT2D eigenvalue weighted by molar-refractivity contribution is 5.72. The van der Waals surface area contributed by atoms with Crippen molar-refractivity contribution < 1.29 is 24.2 Å². The molecule has 3 aliphatic rings. The quantitative estimate of drug-likeness (QED) is 0.672. The van der Waals surface area contributed by atoms with Gasteiger partial charge in [0.25, 0.3) is 0 Å². The number of carbonyl (C=O) groups is 2. The van der Waals surface area contributed by atoms with Crippen LogP contribution in [0.1, 0.15) is 66.2 Å². The number of esters is 2. The van der Waals surface area contributed by atoms with E-state index in [0.717, 1.165) is 25.7 Å². The lowest BCUT2D eigenvalue weighted by Gasteiger charge is -2.43. The second-order valence-electron chi connectivity index (χ2n) is 9.36. The summed E-state index contributed by atoms with van der Waals surface area (Å²) in [7, 11) is 0. The van der Waals surface area contributed by atoms with Crippen LogP contribution in [0.15, 0.2) is 23.8 Å². The summed E-state index contributed by atoms with van der Waals surface area (Å²) in [6.07, 6.45) is 9.70. The van der Waals surface area contributed by atoms with Gasteiger partial charge in [-0.3, -0.25) is 9.59 Å². The van der Waals surface area contributed by atoms with Crippen molar-refractivity contribution in [2.75, 3.05) is 0 Å². The molecule has 5 heteroatoms. The van der Waals surface area contributed by atoms with E-state index in [1.54, 1.807) is 0 Å². The standard InChI is InChI=1S/C24H36O5/c1-5-15(3)24(27)29-21-11-14(2)10-17-7-6-16(4)20(23(17)21)9-8-19-12-18(25)13-22(26)28-19/h6-7,10,14-16,18-21,23,25H,5,8-9,11-13H2,1-4H3/t14-,15+,16-,18+,19?,20-,21-,23-/m0/s1. The Morgan fingerprint density at radius 2 is 2.07 bits per heavy atom. The average molecular weight is 405 g/mol. The molecule has 162 valence electrons. The number of hydrogen-bond acceptors (Lipinski definition) is 5. The van der Waals surface area contributed by atoms with Crippen LogP contribution in [0.5, 0.6) is 0 Å². The third kappa shape index (κ3) is 5.30. The number of fused-ring (bicyclic) bond motifs is 1. The Morgan fingerprint density at radius 3 is 2.76 bits per heavy atom. The highest BCUT2D eigenvalue weighted by Crippen LogP contribution is 2.45. The highest BCUT2D eigenvalue weighted by atomic mass is 16.5. The van der Waals surface area contributed by atoms with Gasteiger partial charge in [0.1, 0.15) is 12.2 Å². The number of allylic oxidation sites excluding steroid dienone is 3. The first-order chi connectivity index (χ1) is 13.8. The third-order valence-corrected chi connectivity index (χ3v) is 6.93. The fraction of sp³-hybridized carbons (Fsp3) is 0.750. The first kappa shape index (κ1) is 22.1. The summed E-state index contributed by atoms with van der Waals surface area (Å²) < 4.78 is 11.5. The fourth-order valence-corrected chi connectivity index (χ4v) is 5.07. The minimum Gasteiger partial charge on any atom is -0.462 e. The average Bonchev–Trinajstić information content (AvgIpc) is 2.65. The molecule has 29 heavy (non-hydrogen) atoms. The molecule has 0 aromatic heterocycles. The molecule has 5 nitrogen and oxygen atoms in total. The van der Waals surface area contributed by atoms with Crippen LogP contribution in [0, 0.1) is 29.6 Å². The number of aliphatic hydroxyl groups excluding tert-OH is 1. The minimum atomic E-state index is -0.597. The normalized spacial score (nSPS) is 37.9. The van der Waals surface area contributed by atoms with E-state index in [9.17, 15) is 14.7 Å². The summed E-state index contributed by atoms with van der Waals surface area (Å²) in [5.74, 6) is 0.755. The smallest absolute Gasteiger partial charge is 0.308 e. The molecule has 8 atom stereocenters. The zero-order valence-corrected chi connectivity index (χ0v) is 18.2. The molecule has 1 fully saturated rings. The van der Waals surface area contributed by atoms with E-state index in [4.69, 9.17) is 9.47 Å². The van der Waals surface area contributed by atoms with Gasteiger partial charge in [-0.15, -0.1) is 0 Å². The summed E-state index contributed by atoms with van der Waals surface area (Å²) in [6, 6.07) is 0. The summed E-state index contributed by atoms with van der Waals surface area (Å²) in [5, 5.41) is 9.89. The second-order valence-corrected chi connectivity index (χ2v) is 9.36. The number of cyclic esters (lactones) is 1. The van der Waals surface area contributed by atoms with Crippen molar-refractivity contribution in [3.63, 3.8) is 0 Å². The van der Waals surface area contributed by atoms with Crippen LogP contribution in [-0.4, -0.2) is 35.4 Å². The van der Waals surface area contributed by atoms with E-state index >= 15 is 0 Å². The molecule has 0 spiro atoms. The zero-order chi connectivity index (χ0) is 21.1. The van der Waals surface area contributed by atoms with Crippen molar-refractivity contribution in [1.29, 1.82) is 0 Å². The lowest BCUT2D eigenvalue weighted by Crippen LogP contribution is -2.42. The van der Waals surface area contributed by atoms with E-state index in [-0.39, 0.29) is 42.4 Å². The van der Waals surface area contributed by atoms with Crippen LogP contribution in [0.2, 0.25) is 0 Å².